The van der Waals surface area contributed by atoms with Crippen LogP contribution in [0, 0.1) is 6.92 Å². The summed E-state index contributed by atoms with van der Waals surface area (Å²) in [5.74, 6) is 0. The molecule has 1 saturated carbocycles. The Labute approximate surface area is 128 Å². The Morgan fingerprint density at radius 2 is 1.71 bits per heavy atom. The number of hydrogen-bond acceptors (Lipinski definition) is 2. The van der Waals surface area contributed by atoms with Crippen LogP contribution in [0.4, 0.5) is 0 Å². The van der Waals surface area contributed by atoms with Crippen LogP contribution in [-0.2, 0) is 16.8 Å². The first-order valence-corrected chi connectivity index (χ1v) is 9.06. The van der Waals surface area contributed by atoms with E-state index in [1.54, 1.807) is 18.4 Å². The third-order valence-electron chi connectivity index (χ3n) is 4.50. The van der Waals surface area contributed by atoms with Gasteiger partial charge in [-0.25, -0.2) is 0 Å². The summed E-state index contributed by atoms with van der Waals surface area (Å²) >= 11 is 0. The Kier molecular flexibility index (Phi) is 5.41. The summed E-state index contributed by atoms with van der Waals surface area (Å²) in [6, 6.07) is 8.08. The van der Waals surface area contributed by atoms with Crippen molar-refractivity contribution in [1.29, 1.82) is 0 Å². The highest BCUT2D eigenvalue weighted by molar-refractivity contribution is 7.86. The van der Waals surface area contributed by atoms with Crippen LogP contribution in [0.5, 0.6) is 0 Å². The summed E-state index contributed by atoms with van der Waals surface area (Å²) in [5, 5.41) is 0. The third kappa shape index (κ3) is 3.84. The fourth-order valence-corrected chi connectivity index (χ4v) is 4.29. The fraction of sp³-hybridized carbons (Fsp3) is 0.625. The van der Waals surface area contributed by atoms with Crippen molar-refractivity contribution in [1.82, 2.24) is 8.61 Å². The molecule has 4 nitrogen and oxygen atoms in total. The Bertz CT molecular complexity index is 565. The molecule has 1 aromatic rings. The maximum atomic E-state index is 12.7. The molecule has 0 bridgehead atoms. The summed E-state index contributed by atoms with van der Waals surface area (Å²) in [5.41, 5.74) is 2.18. The van der Waals surface area contributed by atoms with Crippen LogP contribution >= 0.6 is 0 Å². The molecule has 1 aliphatic carbocycles. The van der Waals surface area contributed by atoms with Crippen molar-refractivity contribution in [3.63, 3.8) is 0 Å². The van der Waals surface area contributed by atoms with Crippen molar-refractivity contribution in [3.05, 3.63) is 35.4 Å². The molecular formula is C16H26N2O2S. The van der Waals surface area contributed by atoms with Crippen LogP contribution in [-0.4, -0.2) is 37.2 Å². The molecule has 0 aromatic heterocycles. The molecule has 0 amide bonds. The number of rotatable bonds is 5. The monoisotopic (exact) mass is 310 g/mol. The average Bonchev–Trinajstić information content (AvgIpc) is 2.49. The zero-order valence-electron chi connectivity index (χ0n) is 13.2. The zero-order valence-corrected chi connectivity index (χ0v) is 14.1. The van der Waals surface area contributed by atoms with Crippen LogP contribution in [0.3, 0.4) is 0 Å². The third-order valence-corrected chi connectivity index (χ3v) is 6.44. The summed E-state index contributed by atoms with van der Waals surface area (Å²) in [4.78, 5) is 0. The SMILES string of the molecule is Cc1ccccc1CN(C)S(=O)(=O)N(C)C1CCCCC1. The Morgan fingerprint density at radius 1 is 1.10 bits per heavy atom. The second kappa shape index (κ2) is 6.90. The lowest BCUT2D eigenvalue weighted by molar-refractivity contribution is 0.268. The molecule has 1 fully saturated rings. The maximum Gasteiger partial charge on any atom is 0.282 e. The number of hydrogen-bond donors (Lipinski definition) is 0. The molecule has 0 N–H and O–H groups in total. The minimum absolute atomic E-state index is 0.156. The fourth-order valence-electron chi connectivity index (χ4n) is 2.96. The summed E-state index contributed by atoms with van der Waals surface area (Å²) in [7, 11) is 0.00275. The van der Waals surface area contributed by atoms with Crippen LogP contribution in [0.15, 0.2) is 24.3 Å². The van der Waals surface area contributed by atoms with Crippen molar-refractivity contribution in [2.75, 3.05) is 14.1 Å². The lowest BCUT2D eigenvalue weighted by Gasteiger charge is -2.33. The van der Waals surface area contributed by atoms with Gasteiger partial charge in [0, 0.05) is 26.7 Å². The molecular weight excluding hydrogens is 284 g/mol. The molecule has 0 aliphatic heterocycles. The van der Waals surface area contributed by atoms with E-state index in [0.29, 0.717) is 6.54 Å². The smallest absolute Gasteiger partial charge is 0.195 e. The van der Waals surface area contributed by atoms with E-state index in [0.717, 1.165) is 36.8 Å². The van der Waals surface area contributed by atoms with E-state index in [1.165, 1.54) is 10.7 Å². The highest BCUT2D eigenvalue weighted by atomic mass is 32.2. The van der Waals surface area contributed by atoms with Gasteiger partial charge in [-0.2, -0.15) is 17.0 Å². The lowest BCUT2D eigenvalue weighted by Crippen LogP contribution is -2.45. The second-order valence-electron chi connectivity index (χ2n) is 6.00. The minimum atomic E-state index is -3.39. The number of aryl methyl sites for hydroxylation is 1. The van der Waals surface area contributed by atoms with Gasteiger partial charge in [-0.1, -0.05) is 43.5 Å². The zero-order chi connectivity index (χ0) is 15.5. The van der Waals surface area contributed by atoms with Gasteiger partial charge in [0.15, 0.2) is 0 Å². The first kappa shape index (κ1) is 16.5. The van der Waals surface area contributed by atoms with E-state index < -0.39 is 10.2 Å². The minimum Gasteiger partial charge on any atom is -0.195 e. The lowest BCUT2D eigenvalue weighted by atomic mass is 9.96. The van der Waals surface area contributed by atoms with E-state index in [2.05, 4.69) is 0 Å². The molecule has 118 valence electrons. The molecule has 0 spiro atoms. The predicted octanol–water partition coefficient (Wildman–Crippen LogP) is 2.94. The van der Waals surface area contributed by atoms with E-state index in [1.807, 2.05) is 31.2 Å². The number of nitrogens with zero attached hydrogens (tertiary/aromatic N) is 2. The topological polar surface area (TPSA) is 40.6 Å². The second-order valence-corrected chi connectivity index (χ2v) is 8.09. The molecule has 0 saturated heterocycles. The van der Waals surface area contributed by atoms with Gasteiger partial charge < -0.3 is 0 Å². The van der Waals surface area contributed by atoms with Gasteiger partial charge in [-0.05, 0) is 30.9 Å². The van der Waals surface area contributed by atoms with Crippen LogP contribution in [0.25, 0.3) is 0 Å². The number of benzene rings is 1. The van der Waals surface area contributed by atoms with E-state index >= 15 is 0 Å². The van der Waals surface area contributed by atoms with E-state index in [9.17, 15) is 8.42 Å². The quantitative estimate of drug-likeness (QED) is 0.839. The summed E-state index contributed by atoms with van der Waals surface area (Å²) < 4.78 is 28.4. The molecule has 21 heavy (non-hydrogen) atoms. The highest BCUT2D eigenvalue weighted by Gasteiger charge is 2.30. The standard InChI is InChI=1S/C16H26N2O2S/c1-14-9-7-8-10-15(14)13-17(2)21(19,20)18(3)16-11-5-4-6-12-16/h7-10,16H,4-6,11-13H2,1-3H3. The van der Waals surface area contributed by atoms with Gasteiger partial charge in [-0.15, -0.1) is 0 Å². The van der Waals surface area contributed by atoms with E-state index in [-0.39, 0.29) is 6.04 Å². The molecule has 0 heterocycles. The van der Waals surface area contributed by atoms with Gasteiger partial charge in [-0.3, -0.25) is 0 Å². The molecule has 5 heteroatoms. The molecule has 1 aliphatic rings. The summed E-state index contributed by atoms with van der Waals surface area (Å²) in [6.07, 6.45) is 5.45. The molecule has 0 unspecified atom stereocenters. The molecule has 1 aromatic carbocycles. The van der Waals surface area contributed by atoms with Gasteiger partial charge in [0.2, 0.25) is 0 Å². The Morgan fingerprint density at radius 3 is 2.33 bits per heavy atom. The van der Waals surface area contributed by atoms with Crippen LogP contribution in [0.1, 0.15) is 43.2 Å². The largest absolute Gasteiger partial charge is 0.282 e. The normalized spacial score (nSPS) is 17.6. The Hall–Kier alpha value is -0.910. The highest BCUT2D eigenvalue weighted by Crippen LogP contribution is 2.25. The van der Waals surface area contributed by atoms with Gasteiger partial charge in [0.1, 0.15) is 0 Å². The van der Waals surface area contributed by atoms with Crippen LogP contribution in [0.2, 0.25) is 0 Å². The van der Waals surface area contributed by atoms with Crippen molar-refractivity contribution in [3.8, 4) is 0 Å². The van der Waals surface area contributed by atoms with Crippen molar-refractivity contribution in [2.24, 2.45) is 0 Å². The van der Waals surface area contributed by atoms with Crippen molar-refractivity contribution in [2.45, 2.75) is 51.6 Å². The van der Waals surface area contributed by atoms with E-state index in [4.69, 9.17) is 0 Å². The maximum absolute atomic E-state index is 12.7. The first-order chi connectivity index (χ1) is 9.93. The van der Waals surface area contributed by atoms with Crippen molar-refractivity contribution < 1.29 is 8.42 Å². The summed E-state index contributed by atoms with van der Waals surface area (Å²) in [6.45, 7) is 2.44. The van der Waals surface area contributed by atoms with Gasteiger partial charge >= 0.3 is 0 Å². The first-order valence-electron chi connectivity index (χ1n) is 7.66. The van der Waals surface area contributed by atoms with Crippen molar-refractivity contribution >= 4 is 10.2 Å². The molecule has 2 rings (SSSR count). The molecule has 0 radical (unpaired) electrons. The van der Waals surface area contributed by atoms with Crippen LogP contribution < -0.4 is 0 Å². The average molecular weight is 310 g/mol. The molecule has 0 atom stereocenters. The predicted molar refractivity (Wildman–Crippen MR) is 86.2 cm³/mol. The van der Waals surface area contributed by atoms with Gasteiger partial charge in [0.25, 0.3) is 10.2 Å². The Balaban J connectivity index is 2.09. The van der Waals surface area contributed by atoms with Gasteiger partial charge in [0.05, 0.1) is 0 Å².